The highest BCUT2D eigenvalue weighted by molar-refractivity contribution is 4.57. The van der Waals surface area contributed by atoms with Gasteiger partial charge in [0.05, 0.1) is 13.2 Å². The largest absolute Gasteiger partial charge is 0.382 e. The quantitative estimate of drug-likeness (QED) is 0.0648. The Kier molecular flexibility index (Phi) is 39.8. The van der Waals surface area contributed by atoms with Gasteiger partial charge in [0.1, 0.15) is 6.10 Å². The molecule has 0 saturated heterocycles. The fourth-order valence-electron chi connectivity index (χ4n) is 6.20. The molecule has 0 aliphatic rings. The Bertz CT molecular complexity index is 469. The van der Waals surface area contributed by atoms with Crippen LogP contribution in [0.4, 0.5) is 0 Å². The van der Waals surface area contributed by atoms with Crippen molar-refractivity contribution >= 4 is 0 Å². The van der Waals surface area contributed by atoms with Gasteiger partial charge in [0.15, 0.2) is 0 Å². The molecule has 43 heavy (non-hydrogen) atoms. The van der Waals surface area contributed by atoms with E-state index in [2.05, 4.69) is 13.8 Å². The maximum atomic E-state index is 6.08. The third kappa shape index (κ3) is 38.0. The van der Waals surface area contributed by atoms with Crippen molar-refractivity contribution in [2.45, 2.75) is 225 Å². The highest BCUT2D eigenvalue weighted by Gasteiger charge is 2.09. The maximum Gasteiger partial charge on any atom is 0.104 e. The van der Waals surface area contributed by atoms with Crippen LogP contribution in [0.15, 0.2) is 0 Å². The van der Waals surface area contributed by atoms with Crippen LogP contribution < -0.4 is 0 Å². The van der Waals surface area contributed by atoms with Crippen LogP contribution in [0, 0.1) is 0 Å². The molecule has 260 valence electrons. The Labute approximate surface area is 272 Å². The average Bonchev–Trinajstić information content (AvgIpc) is 3.01. The molecule has 0 aliphatic heterocycles. The highest BCUT2D eigenvalue weighted by atomic mass is 16.6. The molecule has 0 unspecified atom stereocenters. The molecule has 3 heteroatoms. The molecule has 0 bridgehead atoms. The molecule has 0 heterocycles. The monoisotopic (exact) mass is 611 g/mol. The number of hydrogen-bond donors (Lipinski definition) is 0. The van der Waals surface area contributed by atoms with Crippen LogP contribution in [0.25, 0.3) is 0 Å². The second kappa shape index (κ2) is 39.9. The van der Waals surface area contributed by atoms with Crippen molar-refractivity contribution in [3.05, 3.63) is 0 Å². The Balaban J connectivity index is 3.34. The van der Waals surface area contributed by atoms with Crippen molar-refractivity contribution in [2.24, 2.45) is 0 Å². The van der Waals surface area contributed by atoms with Crippen LogP contribution >= 0.6 is 0 Å². The van der Waals surface area contributed by atoms with Gasteiger partial charge < -0.3 is 14.2 Å². The normalized spacial score (nSPS) is 12.3. The molecule has 0 saturated carbocycles. The topological polar surface area (TPSA) is 27.7 Å². The Morgan fingerprint density at radius 1 is 0.326 bits per heavy atom. The van der Waals surface area contributed by atoms with Gasteiger partial charge in [0.2, 0.25) is 0 Å². The van der Waals surface area contributed by atoms with Crippen molar-refractivity contribution in [2.75, 3.05) is 33.5 Å². The number of rotatable bonds is 39. The summed E-state index contributed by atoms with van der Waals surface area (Å²) in [6, 6.07) is 0. The average molecular weight is 611 g/mol. The summed E-state index contributed by atoms with van der Waals surface area (Å²) in [4.78, 5) is 0. The van der Waals surface area contributed by atoms with E-state index in [4.69, 9.17) is 14.2 Å². The van der Waals surface area contributed by atoms with E-state index in [9.17, 15) is 0 Å². The summed E-state index contributed by atoms with van der Waals surface area (Å²) in [5.74, 6) is 0. The smallest absolute Gasteiger partial charge is 0.104 e. The molecule has 0 radical (unpaired) electrons. The molecule has 3 nitrogen and oxygen atoms in total. The second-order valence-corrected chi connectivity index (χ2v) is 13.6. The molecule has 0 aliphatic carbocycles. The molecular weight excluding hydrogens is 528 g/mol. The van der Waals surface area contributed by atoms with E-state index >= 15 is 0 Å². The van der Waals surface area contributed by atoms with Gasteiger partial charge in [-0.1, -0.05) is 206 Å². The summed E-state index contributed by atoms with van der Waals surface area (Å²) in [5, 5.41) is 0. The van der Waals surface area contributed by atoms with Gasteiger partial charge >= 0.3 is 0 Å². The van der Waals surface area contributed by atoms with Crippen molar-refractivity contribution in [3.8, 4) is 0 Å². The van der Waals surface area contributed by atoms with E-state index in [-0.39, 0.29) is 6.10 Å². The first kappa shape index (κ1) is 42.9. The van der Waals surface area contributed by atoms with Crippen molar-refractivity contribution in [3.63, 3.8) is 0 Å². The van der Waals surface area contributed by atoms with Crippen LogP contribution in [0.1, 0.15) is 219 Å². The van der Waals surface area contributed by atoms with Gasteiger partial charge in [-0.15, -0.1) is 0 Å². The summed E-state index contributed by atoms with van der Waals surface area (Å²) in [6.45, 7) is 7.61. The summed E-state index contributed by atoms with van der Waals surface area (Å²) in [5.41, 5.74) is 0. The fraction of sp³-hybridized carbons (Fsp3) is 1.00. The predicted molar refractivity (Wildman–Crippen MR) is 192 cm³/mol. The molecule has 1 atom stereocenters. The Hall–Kier alpha value is -0.120. The zero-order valence-corrected chi connectivity index (χ0v) is 30.3. The maximum absolute atomic E-state index is 6.08. The van der Waals surface area contributed by atoms with Crippen LogP contribution in [0.5, 0.6) is 0 Å². The minimum Gasteiger partial charge on any atom is -0.382 e. The Morgan fingerprint density at radius 3 is 0.907 bits per heavy atom. The van der Waals surface area contributed by atoms with Gasteiger partial charge in [-0.3, -0.25) is 0 Å². The molecule has 0 aromatic carbocycles. The summed E-state index contributed by atoms with van der Waals surface area (Å²) in [6.07, 6.45) is 45.1. The summed E-state index contributed by atoms with van der Waals surface area (Å²) < 4.78 is 17.4. The predicted octanol–water partition coefficient (Wildman–Crippen LogP) is 13.6. The molecule has 0 spiro atoms. The number of ether oxygens (including phenoxy) is 3. The molecule has 0 aromatic rings. The first-order valence-corrected chi connectivity index (χ1v) is 20.0. The van der Waals surface area contributed by atoms with Crippen LogP contribution in [-0.2, 0) is 14.2 Å². The van der Waals surface area contributed by atoms with E-state index < -0.39 is 0 Å². The van der Waals surface area contributed by atoms with Gasteiger partial charge in [-0.25, -0.2) is 0 Å². The summed E-state index contributed by atoms with van der Waals surface area (Å²) in [7, 11) is 1.76. The first-order chi connectivity index (χ1) is 21.3. The van der Waals surface area contributed by atoms with Gasteiger partial charge in [-0.2, -0.15) is 0 Å². The van der Waals surface area contributed by atoms with E-state index in [0.717, 1.165) is 19.6 Å². The van der Waals surface area contributed by atoms with Crippen LogP contribution in [0.2, 0.25) is 0 Å². The second-order valence-electron chi connectivity index (χ2n) is 13.6. The number of hydrogen-bond acceptors (Lipinski definition) is 3. The van der Waals surface area contributed by atoms with Crippen molar-refractivity contribution < 1.29 is 14.2 Å². The highest BCUT2D eigenvalue weighted by Crippen LogP contribution is 2.15. The minimum absolute atomic E-state index is 0.0856. The molecule has 0 N–H and O–H groups in total. The van der Waals surface area contributed by atoms with Gasteiger partial charge in [-0.05, 0) is 12.8 Å². The number of methoxy groups -OCH3 is 1. The van der Waals surface area contributed by atoms with Crippen molar-refractivity contribution in [1.82, 2.24) is 0 Å². The fourth-order valence-corrected chi connectivity index (χ4v) is 6.20. The summed E-state index contributed by atoms with van der Waals surface area (Å²) >= 11 is 0. The van der Waals surface area contributed by atoms with Crippen LogP contribution in [-0.4, -0.2) is 39.6 Å². The standard InChI is InChI=1S/C40H82O3/c1-4-6-8-10-12-14-16-18-20-22-24-26-28-30-32-34-36-42-39-40(38-41-3)43-37-35-33-31-29-27-25-23-21-19-17-15-13-11-9-7-5-2/h40H,4-39H2,1-3H3/t40-/m1/s1. The lowest BCUT2D eigenvalue weighted by atomic mass is 10.0. The third-order valence-electron chi connectivity index (χ3n) is 9.15. The molecule has 0 fully saturated rings. The number of unbranched alkanes of at least 4 members (excludes halogenated alkanes) is 30. The lowest BCUT2D eigenvalue weighted by molar-refractivity contribution is -0.0525. The first-order valence-electron chi connectivity index (χ1n) is 20.0. The van der Waals surface area contributed by atoms with Crippen LogP contribution in [0.3, 0.4) is 0 Å². The third-order valence-corrected chi connectivity index (χ3v) is 9.15. The van der Waals surface area contributed by atoms with E-state index in [1.165, 1.54) is 199 Å². The van der Waals surface area contributed by atoms with E-state index in [1.807, 2.05) is 0 Å². The zero-order chi connectivity index (χ0) is 31.2. The molecular formula is C40H82O3. The van der Waals surface area contributed by atoms with Gasteiger partial charge in [0, 0.05) is 20.3 Å². The molecule has 0 rings (SSSR count). The van der Waals surface area contributed by atoms with Crippen molar-refractivity contribution in [1.29, 1.82) is 0 Å². The lowest BCUT2D eigenvalue weighted by Crippen LogP contribution is -2.26. The zero-order valence-electron chi connectivity index (χ0n) is 30.3. The van der Waals surface area contributed by atoms with E-state index in [0.29, 0.717) is 13.2 Å². The molecule has 0 amide bonds. The Morgan fingerprint density at radius 2 is 0.605 bits per heavy atom. The lowest BCUT2D eigenvalue weighted by Gasteiger charge is -2.17. The minimum atomic E-state index is 0.0856. The van der Waals surface area contributed by atoms with E-state index in [1.54, 1.807) is 7.11 Å². The molecule has 0 aromatic heterocycles. The van der Waals surface area contributed by atoms with Gasteiger partial charge in [0.25, 0.3) is 0 Å². The SMILES string of the molecule is CCCCCCCCCCCCCCCCCCOC[C@@H](COC)OCCCCCCCCCCCCCCCCCC.